The lowest BCUT2D eigenvalue weighted by Crippen LogP contribution is -1.99. The van der Waals surface area contributed by atoms with Gasteiger partial charge in [0.15, 0.2) is 0 Å². The summed E-state index contributed by atoms with van der Waals surface area (Å²) in [7, 11) is 1.72. The minimum absolute atomic E-state index is 0.547. The maximum absolute atomic E-state index is 9.58. The Kier molecular flexibility index (Phi) is 3.47. The van der Waals surface area contributed by atoms with Crippen molar-refractivity contribution in [2.24, 2.45) is 7.05 Å². The number of aliphatic hydroxyl groups is 1. The van der Waals surface area contributed by atoms with Gasteiger partial charge >= 0.3 is 0 Å². The molecule has 4 heteroatoms. The van der Waals surface area contributed by atoms with Gasteiger partial charge in [-0.25, -0.2) is 0 Å². The second-order valence-electron chi connectivity index (χ2n) is 2.74. The van der Waals surface area contributed by atoms with Crippen molar-refractivity contribution in [1.29, 1.82) is 0 Å². The Hall–Kier alpha value is -1.34. The zero-order valence-corrected chi connectivity index (χ0v) is 7.86. The van der Waals surface area contributed by atoms with Crippen LogP contribution >= 0.6 is 0 Å². The largest absolute Gasteiger partial charge is 0.387 e. The van der Waals surface area contributed by atoms with Crippen LogP contribution in [0.4, 0.5) is 0 Å². The van der Waals surface area contributed by atoms with Crippen LogP contribution in [0.3, 0.4) is 0 Å². The average Bonchev–Trinajstić information content (AvgIpc) is 2.52. The number of aryl methyl sites for hydroxylation is 1. The number of aliphatic hydroxyl groups excluding tert-OH is 1. The molecule has 0 aliphatic heterocycles. The highest BCUT2D eigenvalue weighted by atomic mass is 16.3. The molecule has 1 unspecified atom stereocenters. The lowest BCUT2D eigenvalue weighted by atomic mass is 10.1. The van der Waals surface area contributed by atoms with Crippen LogP contribution in [-0.2, 0) is 7.05 Å². The number of hydrogen-bond donors (Lipinski definition) is 1. The smallest absolute Gasteiger partial charge is 0.111 e. The summed E-state index contributed by atoms with van der Waals surface area (Å²) in [6.45, 7) is 1.79. The van der Waals surface area contributed by atoms with Crippen molar-refractivity contribution in [2.75, 3.05) is 0 Å². The van der Waals surface area contributed by atoms with Crippen LogP contribution in [0, 0.1) is 11.8 Å². The van der Waals surface area contributed by atoms with Crippen molar-refractivity contribution in [1.82, 2.24) is 15.0 Å². The van der Waals surface area contributed by atoms with Gasteiger partial charge in [0.05, 0.1) is 6.20 Å². The van der Waals surface area contributed by atoms with E-state index in [1.807, 2.05) is 0 Å². The molecule has 0 radical (unpaired) electrons. The second-order valence-corrected chi connectivity index (χ2v) is 2.74. The molecule has 1 atom stereocenters. The molecule has 0 saturated carbocycles. The van der Waals surface area contributed by atoms with Gasteiger partial charge in [-0.2, -0.15) is 15.0 Å². The molecule has 1 rings (SSSR count). The van der Waals surface area contributed by atoms with Crippen molar-refractivity contribution in [3.05, 3.63) is 11.9 Å². The Balaban J connectivity index is 2.47. The number of aromatic nitrogens is 3. The maximum Gasteiger partial charge on any atom is 0.111 e. The van der Waals surface area contributed by atoms with E-state index in [0.717, 1.165) is 0 Å². The van der Waals surface area contributed by atoms with E-state index in [4.69, 9.17) is 0 Å². The highest BCUT2D eigenvalue weighted by molar-refractivity contribution is 5.00. The first-order chi connectivity index (χ1) is 6.24. The normalized spacial score (nSPS) is 11.9. The van der Waals surface area contributed by atoms with E-state index in [-0.39, 0.29) is 0 Å². The molecule has 4 nitrogen and oxygen atoms in total. The van der Waals surface area contributed by atoms with Gasteiger partial charge in [-0.1, -0.05) is 0 Å². The van der Waals surface area contributed by atoms with E-state index in [1.165, 1.54) is 4.80 Å². The lowest BCUT2D eigenvalue weighted by molar-refractivity contribution is 0.164. The monoisotopic (exact) mass is 179 g/mol. The summed E-state index contributed by atoms with van der Waals surface area (Å²) in [5.74, 6) is 5.67. The minimum atomic E-state index is -0.547. The molecule has 13 heavy (non-hydrogen) atoms. The summed E-state index contributed by atoms with van der Waals surface area (Å²) in [6.07, 6.45) is 2.33. The van der Waals surface area contributed by atoms with Gasteiger partial charge in [-0.15, -0.1) is 11.8 Å². The molecular weight excluding hydrogens is 166 g/mol. The molecule has 0 fully saturated rings. The van der Waals surface area contributed by atoms with E-state index in [2.05, 4.69) is 22.0 Å². The maximum atomic E-state index is 9.58. The molecule has 1 aromatic rings. The Bertz CT molecular complexity index is 321. The Labute approximate surface area is 77.6 Å². The highest BCUT2D eigenvalue weighted by Crippen LogP contribution is 2.13. The minimum Gasteiger partial charge on any atom is -0.387 e. The van der Waals surface area contributed by atoms with Crippen LogP contribution in [0.1, 0.15) is 31.6 Å². The third-order valence-corrected chi connectivity index (χ3v) is 1.68. The van der Waals surface area contributed by atoms with Crippen LogP contribution in [0.5, 0.6) is 0 Å². The summed E-state index contributed by atoms with van der Waals surface area (Å²) in [5, 5.41) is 17.4. The Morgan fingerprint density at radius 3 is 3.00 bits per heavy atom. The molecule has 1 heterocycles. The summed E-state index contributed by atoms with van der Waals surface area (Å²) >= 11 is 0. The molecule has 0 saturated heterocycles. The fourth-order valence-corrected chi connectivity index (χ4v) is 0.996. The Morgan fingerprint density at radius 1 is 1.69 bits per heavy atom. The molecule has 0 amide bonds. The number of rotatable bonds is 3. The fourth-order valence-electron chi connectivity index (χ4n) is 0.996. The molecular formula is C9H13N3O. The fraction of sp³-hybridized carbons (Fsp3) is 0.556. The summed E-state index contributed by atoms with van der Waals surface area (Å²) < 4.78 is 0. The third-order valence-electron chi connectivity index (χ3n) is 1.68. The highest BCUT2D eigenvalue weighted by Gasteiger charge is 2.09. The predicted molar refractivity (Wildman–Crippen MR) is 48.6 cm³/mol. The second kappa shape index (κ2) is 4.63. The molecule has 0 bridgehead atoms. The van der Waals surface area contributed by atoms with E-state index in [0.29, 0.717) is 18.5 Å². The van der Waals surface area contributed by atoms with Crippen molar-refractivity contribution in [3.63, 3.8) is 0 Å². The van der Waals surface area contributed by atoms with Gasteiger partial charge in [-0.05, 0) is 13.3 Å². The van der Waals surface area contributed by atoms with Crippen molar-refractivity contribution < 1.29 is 5.11 Å². The number of hydrogen-bond acceptors (Lipinski definition) is 3. The molecule has 0 aromatic carbocycles. The molecule has 70 valence electrons. The molecule has 1 aromatic heterocycles. The number of nitrogens with zero attached hydrogens (tertiary/aromatic N) is 3. The van der Waals surface area contributed by atoms with Gasteiger partial charge in [0.2, 0.25) is 0 Å². The van der Waals surface area contributed by atoms with Crippen LogP contribution in [0.25, 0.3) is 0 Å². The van der Waals surface area contributed by atoms with E-state index < -0.39 is 6.10 Å². The zero-order valence-electron chi connectivity index (χ0n) is 7.86. The van der Waals surface area contributed by atoms with Gasteiger partial charge in [0.1, 0.15) is 11.8 Å². The topological polar surface area (TPSA) is 50.9 Å². The van der Waals surface area contributed by atoms with Crippen molar-refractivity contribution in [2.45, 2.75) is 25.9 Å². The van der Waals surface area contributed by atoms with Crippen LogP contribution in [-0.4, -0.2) is 20.1 Å². The van der Waals surface area contributed by atoms with Crippen molar-refractivity contribution >= 4 is 0 Å². The Morgan fingerprint density at radius 2 is 2.46 bits per heavy atom. The van der Waals surface area contributed by atoms with Gasteiger partial charge < -0.3 is 5.11 Å². The third kappa shape index (κ3) is 2.88. The zero-order chi connectivity index (χ0) is 9.68. The predicted octanol–water partition coefficient (Wildman–Crippen LogP) is 0.652. The van der Waals surface area contributed by atoms with Crippen LogP contribution in [0.15, 0.2) is 6.20 Å². The van der Waals surface area contributed by atoms with E-state index >= 15 is 0 Å². The van der Waals surface area contributed by atoms with E-state index in [9.17, 15) is 5.11 Å². The molecule has 1 N–H and O–H groups in total. The quantitative estimate of drug-likeness (QED) is 0.693. The van der Waals surface area contributed by atoms with Gasteiger partial charge in [0, 0.05) is 13.5 Å². The summed E-state index contributed by atoms with van der Waals surface area (Å²) in [4.78, 5) is 1.43. The van der Waals surface area contributed by atoms with Gasteiger partial charge in [-0.3, -0.25) is 0 Å². The first kappa shape index (κ1) is 9.75. The summed E-state index contributed by atoms with van der Waals surface area (Å²) in [5.41, 5.74) is 0.611. The lowest BCUT2D eigenvalue weighted by Gasteiger charge is -2.02. The average molecular weight is 179 g/mol. The molecule has 0 spiro atoms. The first-order valence-corrected chi connectivity index (χ1v) is 4.18. The standard InChI is InChI=1S/C9H13N3O/c1-3-4-5-6-9(13)8-7-10-12(2)11-8/h7,9,13H,5-6H2,1-2H3. The molecule has 0 aliphatic rings. The van der Waals surface area contributed by atoms with Crippen molar-refractivity contribution in [3.8, 4) is 11.8 Å². The van der Waals surface area contributed by atoms with Gasteiger partial charge in [0.25, 0.3) is 0 Å². The van der Waals surface area contributed by atoms with Crippen LogP contribution < -0.4 is 0 Å². The van der Waals surface area contributed by atoms with E-state index in [1.54, 1.807) is 20.2 Å². The SMILES string of the molecule is CC#CCCC(O)c1cnn(C)n1. The van der Waals surface area contributed by atoms with Crippen LogP contribution in [0.2, 0.25) is 0 Å². The molecule has 0 aliphatic carbocycles. The summed E-state index contributed by atoms with van der Waals surface area (Å²) in [6, 6.07) is 0. The first-order valence-electron chi connectivity index (χ1n) is 4.18.